The second-order valence-corrected chi connectivity index (χ2v) is 4.62. The lowest BCUT2D eigenvalue weighted by atomic mass is 10.1. The summed E-state index contributed by atoms with van der Waals surface area (Å²) >= 11 is 17.9. The quantitative estimate of drug-likeness (QED) is 0.596. The third kappa shape index (κ3) is 2.34. The van der Waals surface area contributed by atoms with Gasteiger partial charge in [0.2, 0.25) is 0 Å². The topological polar surface area (TPSA) is 30.0 Å². The van der Waals surface area contributed by atoms with Gasteiger partial charge in [-0.25, -0.2) is 4.39 Å². The SMILES string of the molecule is O=Cc1cc(-c2c(Cl)ccc(Cl)c2Cl)ncc1F. The van der Waals surface area contributed by atoms with Gasteiger partial charge in [-0.2, -0.15) is 0 Å². The van der Waals surface area contributed by atoms with Crippen LogP contribution in [0.25, 0.3) is 11.3 Å². The lowest BCUT2D eigenvalue weighted by Gasteiger charge is -2.08. The van der Waals surface area contributed by atoms with Crippen molar-refractivity contribution in [2.24, 2.45) is 0 Å². The molecule has 0 saturated heterocycles. The fraction of sp³-hybridized carbons (Fsp3) is 0. The van der Waals surface area contributed by atoms with Crippen LogP contribution in [-0.4, -0.2) is 11.3 Å². The molecule has 1 aromatic heterocycles. The normalized spacial score (nSPS) is 10.4. The Hall–Kier alpha value is -1.16. The minimum Gasteiger partial charge on any atom is -0.298 e. The van der Waals surface area contributed by atoms with Crippen molar-refractivity contribution in [3.05, 3.63) is 50.8 Å². The highest BCUT2D eigenvalue weighted by Gasteiger charge is 2.14. The first-order valence-electron chi connectivity index (χ1n) is 4.79. The molecule has 0 fully saturated rings. The van der Waals surface area contributed by atoms with Gasteiger partial charge >= 0.3 is 0 Å². The van der Waals surface area contributed by atoms with Crippen molar-refractivity contribution in [3.8, 4) is 11.3 Å². The monoisotopic (exact) mass is 303 g/mol. The molecule has 0 spiro atoms. The summed E-state index contributed by atoms with van der Waals surface area (Å²) in [5.41, 5.74) is 0.539. The zero-order valence-corrected chi connectivity index (χ0v) is 11.0. The summed E-state index contributed by atoms with van der Waals surface area (Å²) in [6, 6.07) is 4.36. The van der Waals surface area contributed by atoms with Gasteiger partial charge in [-0.1, -0.05) is 34.8 Å². The summed E-state index contributed by atoms with van der Waals surface area (Å²) in [6.45, 7) is 0. The maximum atomic E-state index is 13.2. The number of carbonyl (C=O) groups excluding carboxylic acids is 1. The number of aromatic nitrogens is 1. The molecule has 0 aliphatic carbocycles. The van der Waals surface area contributed by atoms with Crippen LogP contribution in [0.2, 0.25) is 15.1 Å². The molecular formula is C12H5Cl3FNO. The molecule has 0 saturated carbocycles. The van der Waals surface area contributed by atoms with Gasteiger partial charge in [0.15, 0.2) is 12.1 Å². The van der Waals surface area contributed by atoms with Gasteiger partial charge in [0.1, 0.15) is 0 Å². The van der Waals surface area contributed by atoms with Crippen LogP contribution in [0.1, 0.15) is 10.4 Å². The minimum atomic E-state index is -0.706. The fourth-order valence-corrected chi connectivity index (χ4v) is 2.16. The largest absolute Gasteiger partial charge is 0.298 e. The summed E-state index contributed by atoms with van der Waals surface area (Å²) in [6.07, 6.45) is 1.33. The van der Waals surface area contributed by atoms with E-state index in [0.717, 1.165) is 6.20 Å². The van der Waals surface area contributed by atoms with E-state index in [-0.39, 0.29) is 16.3 Å². The van der Waals surface area contributed by atoms with E-state index in [0.29, 0.717) is 21.9 Å². The number of aldehydes is 1. The minimum absolute atomic E-state index is 0.118. The van der Waals surface area contributed by atoms with Crippen LogP contribution >= 0.6 is 34.8 Å². The zero-order valence-electron chi connectivity index (χ0n) is 8.75. The van der Waals surface area contributed by atoms with Gasteiger partial charge in [0.25, 0.3) is 0 Å². The van der Waals surface area contributed by atoms with Crippen LogP contribution in [0.5, 0.6) is 0 Å². The molecule has 0 aliphatic rings. The van der Waals surface area contributed by atoms with Crippen molar-refractivity contribution in [2.45, 2.75) is 0 Å². The van der Waals surface area contributed by atoms with E-state index in [1.807, 2.05) is 0 Å². The Morgan fingerprint density at radius 1 is 1.17 bits per heavy atom. The summed E-state index contributed by atoms with van der Waals surface area (Å²) in [5, 5.41) is 0.829. The molecule has 18 heavy (non-hydrogen) atoms. The first kappa shape index (κ1) is 13.3. The molecule has 6 heteroatoms. The number of benzene rings is 1. The lowest BCUT2D eigenvalue weighted by Crippen LogP contribution is -1.93. The van der Waals surface area contributed by atoms with E-state index in [9.17, 15) is 9.18 Å². The van der Waals surface area contributed by atoms with Gasteiger partial charge in [0, 0.05) is 5.56 Å². The van der Waals surface area contributed by atoms with Crippen molar-refractivity contribution in [2.75, 3.05) is 0 Å². The summed E-state index contributed by atoms with van der Waals surface area (Å²) in [4.78, 5) is 14.5. The average Bonchev–Trinajstić information content (AvgIpc) is 2.36. The maximum absolute atomic E-state index is 13.2. The van der Waals surface area contributed by atoms with Gasteiger partial charge < -0.3 is 0 Å². The van der Waals surface area contributed by atoms with Crippen LogP contribution in [0, 0.1) is 5.82 Å². The van der Waals surface area contributed by atoms with Crippen molar-refractivity contribution >= 4 is 41.1 Å². The van der Waals surface area contributed by atoms with Crippen LogP contribution in [0.4, 0.5) is 4.39 Å². The maximum Gasteiger partial charge on any atom is 0.153 e. The van der Waals surface area contributed by atoms with E-state index in [2.05, 4.69) is 4.98 Å². The summed E-state index contributed by atoms with van der Waals surface area (Å²) < 4.78 is 13.2. The second kappa shape index (κ2) is 5.22. The Kier molecular flexibility index (Phi) is 3.85. The molecule has 2 aromatic rings. The molecule has 2 nitrogen and oxygen atoms in total. The van der Waals surface area contributed by atoms with E-state index in [1.54, 1.807) is 12.1 Å². The average molecular weight is 305 g/mol. The highest BCUT2D eigenvalue weighted by Crippen LogP contribution is 2.38. The van der Waals surface area contributed by atoms with E-state index in [1.165, 1.54) is 6.07 Å². The number of hydrogen-bond acceptors (Lipinski definition) is 2. The van der Waals surface area contributed by atoms with E-state index in [4.69, 9.17) is 34.8 Å². The van der Waals surface area contributed by atoms with Crippen molar-refractivity contribution in [1.29, 1.82) is 0 Å². The zero-order chi connectivity index (χ0) is 13.3. The Morgan fingerprint density at radius 3 is 2.50 bits per heavy atom. The standard InChI is InChI=1S/C12H5Cl3FNO/c13-7-1-2-8(14)12(15)11(7)10-3-6(5-18)9(16)4-17-10/h1-5H. The highest BCUT2D eigenvalue weighted by molar-refractivity contribution is 6.46. The number of nitrogens with zero attached hydrogens (tertiary/aromatic N) is 1. The molecule has 0 unspecified atom stereocenters. The van der Waals surface area contributed by atoms with Gasteiger partial charge in [-0.3, -0.25) is 9.78 Å². The van der Waals surface area contributed by atoms with Gasteiger partial charge in [0.05, 0.1) is 32.5 Å². The predicted molar refractivity (Wildman–Crippen MR) is 70.0 cm³/mol. The van der Waals surface area contributed by atoms with Crippen molar-refractivity contribution < 1.29 is 9.18 Å². The van der Waals surface area contributed by atoms with Gasteiger partial charge in [-0.05, 0) is 18.2 Å². The molecule has 2 rings (SSSR count). The first-order chi connectivity index (χ1) is 8.54. The highest BCUT2D eigenvalue weighted by atomic mass is 35.5. The fourth-order valence-electron chi connectivity index (χ4n) is 1.44. The third-order valence-corrected chi connectivity index (χ3v) is 3.43. The molecule has 1 heterocycles. The molecular weight excluding hydrogens is 299 g/mol. The first-order valence-corrected chi connectivity index (χ1v) is 5.92. The molecule has 0 amide bonds. The third-order valence-electron chi connectivity index (χ3n) is 2.31. The summed E-state index contributed by atoms with van der Waals surface area (Å²) in [7, 11) is 0. The number of pyridine rings is 1. The summed E-state index contributed by atoms with van der Waals surface area (Å²) in [5.74, 6) is -0.706. The molecule has 1 aromatic carbocycles. The van der Waals surface area contributed by atoms with Gasteiger partial charge in [-0.15, -0.1) is 0 Å². The van der Waals surface area contributed by atoms with E-state index >= 15 is 0 Å². The molecule has 0 radical (unpaired) electrons. The van der Waals surface area contributed by atoms with Crippen LogP contribution in [-0.2, 0) is 0 Å². The Bertz CT molecular complexity index is 631. The molecule has 0 aliphatic heterocycles. The Balaban J connectivity index is 2.69. The van der Waals surface area contributed by atoms with E-state index < -0.39 is 5.82 Å². The molecule has 0 atom stereocenters. The Morgan fingerprint density at radius 2 is 1.83 bits per heavy atom. The predicted octanol–water partition coefficient (Wildman–Crippen LogP) is 4.66. The number of hydrogen-bond donors (Lipinski definition) is 0. The number of halogens is 4. The van der Waals surface area contributed by atoms with Crippen molar-refractivity contribution in [3.63, 3.8) is 0 Å². The molecule has 0 N–H and O–H groups in total. The van der Waals surface area contributed by atoms with Crippen molar-refractivity contribution in [1.82, 2.24) is 4.98 Å². The molecule has 0 bridgehead atoms. The van der Waals surface area contributed by atoms with Crippen LogP contribution in [0.15, 0.2) is 24.4 Å². The number of rotatable bonds is 2. The molecule has 92 valence electrons. The smallest absolute Gasteiger partial charge is 0.153 e. The Labute approximate surface area is 117 Å². The van der Waals surface area contributed by atoms with Crippen LogP contribution in [0.3, 0.4) is 0 Å². The number of carbonyl (C=O) groups is 1. The van der Waals surface area contributed by atoms with Crippen LogP contribution < -0.4 is 0 Å². The second-order valence-electron chi connectivity index (χ2n) is 3.43. The lowest BCUT2D eigenvalue weighted by molar-refractivity contribution is 0.111.